The number of thiophene rings is 1. The number of halogens is 3. The summed E-state index contributed by atoms with van der Waals surface area (Å²) in [7, 11) is -3.93. The number of benzene rings is 1. The number of aromatic nitrogens is 2. The molecule has 3 aromatic rings. The molecule has 2 atom stereocenters. The van der Waals surface area contributed by atoms with E-state index in [9.17, 15) is 17.6 Å². The third-order valence-corrected chi connectivity index (χ3v) is 9.25. The zero-order valence-electron chi connectivity index (χ0n) is 20.5. The van der Waals surface area contributed by atoms with E-state index >= 15 is 4.39 Å². The van der Waals surface area contributed by atoms with Crippen LogP contribution in [-0.2, 0) is 21.4 Å². The Morgan fingerprint density at radius 1 is 1.26 bits per heavy atom. The second-order valence-electron chi connectivity index (χ2n) is 9.37. The van der Waals surface area contributed by atoms with E-state index in [1.54, 1.807) is 42.1 Å². The van der Waals surface area contributed by atoms with Crippen molar-refractivity contribution in [2.24, 2.45) is 0 Å². The summed E-state index contributed by atoms with van der Waals surface area (Å²) >= 11 is 7.18. The van der Waals surface area contributed by atoms with Gasteiger partial charge in [-0.15, -0.1) is 11.3 Å². The van der Waals surface area contributed by atoms with Gasteiger partial charge < -0.3 is 9.47 Å². The number of amides is 1. The molecule has 38 heavy (non-hydrogen) atoms. The Kier molecular flexibility index (Phi) is 7.70. The molecule has 202 valence electrons. The zero-order valence-corrected chi connectivity index (χ0v) is 22.9. The van der Waals surface area contributed by atoms with Crippen LogP contribution in [0.4, 0.5) is 14.5 Å². The number of hydrogen-bond donors (Lipinski definition) is 1. The molecule has 2 aromatic heterocycles. The zero-order chi connectivity index (χ0) is 27.0. The highest BCUT2D eigenvalue weighted by Gasteiger charge is 2.36. The summed E-state index contributed by atoms with van der Waals surface area (Å²) in [6.07, 6.45) is 3.16. The minimum Gasteiger partial charge on any atom is -0.308 e. The van der Waals surface area contributed by atoms with Gasteiger partial charge in [-0.05, 0) is 49.6 Å². The van der Waals surface area contributed by atoms with Gasteiger partial charge in [-0.3, -0.25) is 9.69 Å². The van der Waals surface area contributed by atoms with Crippen molar-refractivity contribution in [2.75, 3.05) is 24.5 Å². The third kappa shape index (κ3) is 5.84. The molecule has 2 aliphatic heterocycles. The molecule has 0 spiro atoms. The van der Waals surface area contributed by atoms with E-state index in [-0.39, 0.29) is 18.7 Å². The lowest BCUT2D eigenvalue weighted by Crippen LogP contribution is -2.41. The maximum atomic E-state index is 15.2. The Morgan fingerprint density at radius 2 is 2.08 bits per heavy atom. The Morgan fingerprint density at radius 3 is 2.76 bits per heavy atom. The predicted molar refractivity (Wildman–Crippen MR) is 144 cm³/mol. The number of hydrogen-bond acceptors (Lipinski definition) is 6. The van der Waals surface area contributed by atoms with Gasteiger partial charge in [-0.25, -0.2) is 22.2 Å². The van der Waals surface area contributed by atoms with Crippen LogP contribution in [0.15, 0.2) is 48.1 Å². The molecule has 1 N–H and O–H groups in total. The standard InChI is InChI=1S/C25H26ClF2N5O3S2/c1-16(22-4-5-23(26)37-22)15-38(35,36)30-20-7-10-33(25(20)34)21-3-2-18(12-19(21)28)32-11-8-29-24(32)14-31-9-6-17(27)13-31/h2-5,8,11-12,15,17,20,30H,6-7,9-10,13-14H2,1H3. The smallest absolute Gasteiger partial charge is 0.245 e. The van der Waals surface area contributed by atoms with Crippen molar-refractivity contribution in [3.05, 3.63) is 69.0 Å². The molecule has 13 heteroatoms. The van der Waals surface area contributed by atoms with Crippen LogP contribution in [0.3, 0.4) is 0 Å². The molecule has 2 aliphatic rings. The van der Waals surface area contributed by atoms with Crippen molar-refractivity contribution in [1.82, 2.24) is 19.2 Å². The van der Waals surface area contributed by atoms with Crippen molar-refractivity contribution >= 4 is 50.1 Å². The van der Waals surface area contributed by atoms with E-state index in [2.05, 4.69) is 9.71 Å². The number of rotatable bonds is 8. The molecule has 0 bridgehead atoms. The lowest BCUT2D eigenvalue weighted by Gasteiger charge is -2.19. The summed E-state index contributed by atoms with van der Waals surface area (Å²) in [5, 5.41) is 1.07. The number of nitrogens with one attached hydrogen (secondary N) is 1. The number of carbonyl (C=O) groups is 1. The van der Waals surface area contributed by atoms with E-state index in [1.807, 2.05) is 4.90 Å². The van der Waals surface area contributed by atoms with Gasteiger partial charge in [0.15, 0.2) is 0 Å². The summed E-state index contributed by atoms with van der Waals surface area (Å²) in [5.74, 6) is -0.482. The number of alkyl halides is 1. The second kappa shape index (κ2) is 10.9. The van der Waals surface area contributed by atoms with Crippen LogP contribution in [-0.4, -0.2) is 60.6 Å². The molecule has 1 aromatic carbocycles. The Labute approximate surface area is 228 Å². The van der Waals surface area contributed by atoms with Crippen LogP contribution < -0.4 is 9.62 Å². The molecule has 5 rings (SSSR count). The predicted octanol–water partition coefficient (Wildman–Crippen LogP) is 4.36. The van der Waals surface area contributed by atoms with Crippen LogP contribution in [0, 0.1) is 5.82 Å². The Balaban J connectivity index is 1.28. The SMILES string of the molecule is CC(=CS(=O)(=O)NC1CCN(c2ccc(-n3ccnc3CN3CCC(F)C3)cc2F)C1=O)c1ccc(Cl)s1. The van der Waals surface area contributed by atoms with E-state index < -0.39 is 34.0 Å². The number of carbonyl (C=O) groups excluding carboxylic acids is 1. The molecule has 1 amide bonds. The molecule has 8 nitrogen and oxygen atoms in total. The lowest BCUT2D eigenvalue weighted by molar-refractivity contribution is -0.118. The minimum atomic E-state index is -3.93. The van der Waals surface area contributed by atoms with Gasteiger partial charge in [0.1, 0.15) is 23.9 Å². The fourth-order valence-electron chi connectivity index (χ4n) is 4.76. The molecule has 2 fully saturated rings. The topological polar surface area (TPSA) is 87.5 Å². The summed E-state index contributed by atoms with van der Waals surface area (Å²) in [5.41, 5.74) is 1.08. The first kappa shape index (κ1) is 26.9. The summed E-state index contributed by atoms with van der Waals surface area (Å²) in [6, 6.07) is 6.89. The number of allylic oxidation sites excluding steroid dienone is 1. The molecule has 0 aliphatic carbocycles. The average Bonchev–Trinajstić information content (AvgIpc) is 3.64. The fourth-order valence-corrected chi connectivity index (χ4v) is 7.12. The number of imidazole rings is 1. The van der Waals surface area contributed by atoms with Crippen LogP contribution in [0.25, 0.3) is 11.3 Å². The number of anilines is 1. The van der Waals surface area contributed by atoms with Crippen molar-refractivity contribution < 1.29 is 22.0 Å². The fraction of sp³-hybridized carbons (Fsp3) is 0.360. The van der Waals surface area contributed by atoms with E-state index in [1.165, 1.54) is 28.4 Å². The van der Waals surface area contributed by atoms with Crippen LogP contribution >= 0.6 is 22.9 Å². The molecular formula is C25H26ClF2N5O3S2. The highest BCUT2D eigenvalue weighted by atomic mass is 35.5. The molecule has 2 saturated heterocycles. The van der Waals surface area contributed by atoms with Crippen molar-refractivity contribution in [3.63, 3.8) is 0 Å². The summed E-state index contributed by atoms with van der Waals surface area (Å²) < 4.78 is 58.9. The van der Waals surface area contributed by atoms with Gasteiger partial charge in [0, 0.05) is 48.7 Å². The van der Waals surface area contributed by atoms with E-state index in [4.69, 9.17) is 11.6 Å². The van der Waals surface area contributed by atoms with Gasteiger partial charge in [-0.2, -0.15) is 4.72 Å². The van der Waals surface area contributed by atoms with Gasteiger partial charge in [0.2, 0.25) is 15.9 Å². The van der Waals surface area contributed by atoms with Crippen molar-refractivity contribution in [1.29, 1.82) is 0 Å². The molecule has 2 unspecified atom stereocenters. The average molecular weight is 582 g/mol. The Hall–Kier alpha value is -2.64. The quantitative estimate of drug-likeness (QED) is 0.427. The first-order valence-electron chi connectivity index (χ1n) is 12.1. The first-order valence-corrected chi connectivity index (χ1v) is 14.8. The number of sulfonamides is 1. The van der Waals surface area contributed by atoms with Gasteiger partial charge in [0.25, 0.3) is 0 Å². The maximum absolute atomic E-state index is 15.2. The monoisotopic (exact) mass is 581 g/mol. The van der Waals surface area contributed by atoms with Crippen LogP contribution in [0.2, 0.25) is 4.34 Å². The lowest BCUT2D eigenvalue weighted by atomic mass is 10.2. The van der Waals surface area contributed by atoms with Crippen LogP contribution in [0.5, 0.6) is 0 Å². The highest BCUT2D eigenvalue weighted by molar-refractivity contribution is 7.92. The van der Waals surface area contributed by atoms with E-state index in [0.29, 0.717) is 52.4 Å². The van der Waals surface area contributed by atoms with Gasteiger partial charge in [0.05, 0.1) is 22.0 Å². The number of nitrogens with zero attached hydrogens (tertiary/aromatic N) is 4. The molecule has 4 heterocycles. The minimum absolute atomic E-state index is 0.0712. The molecule has 0 radical (unpaired) electrons. The van der Waals surface area contributed by atoms with Crippen molar-refractivity contribution in [3.8, 4) is 5.69 Å². The molecular weight excluding hydrogens is 556 g/mol. The molecule has 0 saturated carbocycles. The summed E-state index contributed by atoms with van der Waals surface area (Å²) in [6.45, 7) is 3.24. The summed E-state index contributed by atoms with van der Waals surface area (Å²) in [4.78, 5) is 21.3. The maximum Gasteiger partial charge on any atom is 0.245 e. The number of likely N-dealkylation sites (tertiary alicyclic amines) is 1. The Bertz CT molecular complexity index is 1490. The highest BCUT2D eigenvalue weighted by Crippen LogP contribution is 2.30. The largest absolute Gasteiger partial charge is 0.308 e. The van der Waals surface area contributed by atoms with Crippen LogP contribution in [0.1, 0.15) is 30.5 Å². The van der Waals surface area contributed by atoms with E-state index in [0.717, 1.165) is 5.41 Å². The van der Waals surface area contributed by atoms with Gasteiger partial charge in [-0.1, -0.05) is 11.6 Å². The van der Waals surface area contributed by atoms with Crippen molar-refractivity contribution in [2.45, 2.75) is 38.5 Å². The first-order chi connectivity index (χ1) is 18.1. The van der Waals surface area contributed by atoms with Gasteiger partial charge >= 0.3 is 0 Å². The second-order valence-corrected chi connectivity index (χ2v) is 12.6. The normalized spacial score (nSPS) is 21.1. The third-order valence-electron chi connectivity index (χ3n) is 6.60.